The maximum absolute atomic E-state index is 12.5. The Balaban J connectivity index is 1.75. The number of nitrogens with one attached hydrogen (secondary N) is 1. The van der Waals surface area contributed by atoms with E-state index in [9.17, 15) is 4.79 Å². The lowest BCUT2D eigenvalue weighted by molar-refractivity contribution is -0.121. The Bertz CT molecular complexity index is 903. The van der Waals surface area contributed by atoms with Crippen molar-refractivity contribution in [1.82, 2.24) is 9.88 Å². The van der Waals surface area contributed by atoms with Crippen LogP contribution in [0.25, 0.3) is 10.9 Å². The molecule has 0 radical (unpaired) electrons. The van der Waals surface area contributed by atoms with E-state index in [4.69, 9.17) is 0 Å². The summed E-state index contributed by atoms with van der Waals surface area (Å²) < 4.78 is 2.16. The minimum atomic E-state index is 0.0745. The molecule has 1 unspecified atom stereocenters. The lowest BCUT2D eigenvalue weighted by Crippen LogP contribution is -2.27. The van der Waals surface area contributed by atoms with Crippen LogP contribution < -0.4 is 5.32 Å². The van der Waals surface area contributed by atoms with Crippen LogP contribution in [-0.2, 0) is 11.8 Å². The van der Waals surface area contributed by atoms with Crippen molar-refractivity contribution in [2.24, 2.45) is 7.05 Å². The Morgan fingerprint density at radius 3 is 2.60 bits per heavy atom. The van der Waals surface area contributed by atoms with E-state index in [1.54, 1.807) is 0 Å². The van der Waals surface area contributed by atoms with Gasteiger partial charge in [0.2, 0.25) is 5.91 Å². The van der Waals surface area contributed by atoms with Gasteiger partial charge in [-0.2, -0.15) is 0 Å². The molecule has 1 aliphatic carbocycles. The number of carbonyl (C=O) groups is 1. The van der Waals surface area contributed by atoms with Gasteiger partial charge in [-0.1, -0.05) is 48.0 Å². The van der Waals surface area contributed by atoms with E-state index in [2.05, 4.69) is 78.6 Å². The summed E-state index contributed by atoms with van der Waals surface area (Å²) in [5.74, 6) is 0.228. The van der Waals surface area contributed by atoms with Crippen LogP contribution in [0, 0.1) is 6.92 Å². The number of aryl methyl sites for hydroxylation is 2. The average molecular weight is 332 g/mol. The number of aromatic nitrogens is 1. The van der Waals surface area contributed by atoms with Gasteiger partial charge in [0.1, 0.15) is 0 Å². The molecule has 25 heavy (non-hydrogen) atoms. The zero-order chi connectivity index (χ0) is 17.4. The molecular weight excluding hydrogens is 308 g/mol. The Morgan fingerprint density at radius 2 is 1.88 bits per heavy atom. The van der Waals surface area contributed by atoms with Crippen LogP contribution in [0.15, 0.2) is 54.7 Å². The van der Waals surface area contributed by atoms with E-state index in [0.29, 0.717) is 12.5 Å². The number of nitrogens with zero attached hydrogens (tertiary/aromatic N) is 1. The first-order valence-corrected chi connectivity index (χ1v) is 9.01. The van der Waals surface area contributed by atoms with Crippen molar-refractivity contribution < 1.29 is 4.79 Å². The summed E-state index contributed by atoms with van der Waals surface area (Å²) in [5.41, 5.74) is 4.88. The maximum atomic E-state index is 12.5. The number of para-hydroxylation sites is 1. The molecule has 1 fully saturated rings. The molecule has 1 aromatic heterocycles. The summed E-state index contributed by atoms with van der Waals surface area (Å²) in [5, 5.41) is 4.38. The van der Waals surface area contributed by atoms with Gasteiger partial charge in [0, 0.05) is 42.5 Å². The summed E-state index contributed by atoms with van der Waals surface area (Å²) in [6.45, 7) is 2.09. The van der Waals surface area contributed by atoms with Gasteiger partial charge in [-0.3, -0.25) is 4.79 Å². The number of hydrogen-bond acceptors (Lipinski definition) is 1. The van der Waals surface area contributed by atoms with Gasteiger partial charge >= 0.3 is 0 Å². The predicted octanol–water partition coefficient (Wildman–Crippen LogP) is 4.29. The molecule has 1 heterocycles. The van der Waals surface area contributed by atoms with Crippen LogP contribution in [0.2, 0.25) is 0 Å². The van der Waals surface area contributed by atoms with E-state index in [0.717, 1.165) is 12.8 Å². The molecule has 1 atom stereocenters. The van der Waals surface area contributed by atoms with Crippen LogP contribution in [0.1, 0.15) is 41.9 Å². The van der Waals surface area contributed by atoms with Crippen molar-refractivity contribution in [1.29, 1.82) is 0 Å². The van der Waals surface area contributed by atoms with E-state index >= 15 is 0 Å². The minimum absolute atomic E-state index is 0.0745. The molecule has 1 N–H and O–H groups in total. The average Bonchev–Trinajstić information content (AvgIpc) is 3.36. The highest BCUT2D eigenvalue weighted by Gasteiger charge is 2.27. The quantitative estimate of drug-likeness (QED) is 0.743. The van der Waals surface area contributed by atoms with Gasteiger partial charge in [-0.05, 0) is 37.0 Å². The number of hydrogen-bond donors (Lipinski definition) is 1. The normalized spacial score (nSPS) is 15.3. The van der Waals surface area contributed by atoms with Crippen LogP contribution in [0.3, 0.4) is 0 Å². The maximum Gasteiger partial charge on any atom is 0.221 e. The number of rotatable bonds is 5. The second-order valence-electron chi connectivity index (χ2n) is 7.22. The molecule has 0 aliphatic heterocycles. The number of fused-ring (bicyclic) bond motifs is 1. The van der Waals surface area contributed by atoms with Crippen molar-refractivity contribution >= 4 is 16.8 Å². The monoisotopic (exact) mass is 332 g/mol. The molecule has 0 bridgehead atoms. The molecular formula is C22H24N2O. The van der Waals surface area contributed by atoms with Gasteiger partial charge in [0.05, 0.1) is 0 Å². The Kier molecular flexibility index (Phi) is 4.08. The molecule has 3 heteroatoms. The highest BCUT2D eigenvalue weighted by molar-refractivity contribution is 5.86. The first-order valence-electron chi connectivity index (χ1n) is 9.01. The minimum Gasteiger partial charge on any atom is -0.353 e. The smallest absolute Gasteiger partial charge is 0.221 e. The third-order valence-electron chi connectivity index (χ3n) is 5.11. The fraction of sp³-hybridized carbons (Fsp3) is 0.318. The van der Waals surface area contributed by atoms with Gasteiger partial charge in [0.25, 0.3) is 0 Å². The fourth-order valence-electron chi connectivity index (χ4n) is 3.56. The largest absolute Gasteiger partial charge is 0.353 e. The molecule has 1 saturated carbocycles. The predicted molar refractivity (Wildman–Crippen MR) is 102 cm³/mol. The standard InChI is InChI=1S/C22H24N2O/c1-15-7-9-16(10-8-15)19(13-22(25)23-17-11-12-17)20-14-24(2)21-6-4-3-5-18(20)21/h3-10,14,17,19H,11-13H2,1-2H3,(H,23,25). The molecule has 3 nitrogen and oxygen atoms in total. The van der Waals surface area contributed by atoms with Crippen molar-refractivity contribution in [3.05, 3.63) is 71.4 Å². The SMILES string of the molecule is Cc1ccc(C(CC(=O)NC2CC2)c2cn(C)c3ccccc23)cc1. The van der Waals surface area contributed by atoms with Gasteiger partial charge in [-0.15, -0.1) is 0 Å². The van der Waals surface area contributed by atoms with E-state index in [1.165, 1.54) is 27.6 Å². The topological polar surface area (TPSA) is 34.0 Å². The lowest BCUT2D eigenvalue weighted by atomic mass is 9.87. The highest BCUT2D eigenvalue weighted by Crippen LogP contribution is 2.35. The van der Waals surface area contributed by atoms with E-state index in [1.807, 2.05) is 0 Å². The van der Waals surface area contributed by atoms with Crippen molar-refractivity contribution in [3.63, 3.8) is 0 Å². The second kappa shape index (κ2) is 6.40. The van der Waals surface area contributed by atoms with Crippen molar-refractivity contribution in [2.45, 2.75) is 38.1 Å². The van der Waals surface area contributed by atoms with Crippen molar-refractivity contribution in [2.75, 3.05) is 0 Å². The zero-order valence-corrected chi connectivity index (χ0v) is 14.8. The Hall–Kier alpha value is -2.55. The van der Waals surface area contributed by atoms with Crippen LogP contribution in [0.5, 0.6) is 0 Å². The summed E-state index contributed by atoms with van der Waals surface area (Å²) >= 11 is 0. The van der Waals surface area contributed by atoms with Gasteiger partial charge in [-0.25, -0.2) is 0 Å². The van der Waals surface area contributed by atoms with E-state index in [-0.39, 0.29) is 11.8 Å². The van der Waals surface area contributed by atoms with Gasteiger partial charge < -0.3 is 9.88 Å². The highest BCUT2D eigenvalue weighted by atomic mass is 16.1. The first-order chi connectivity index (χ1) is 12.1. The molecule has 0 saturated heterocycles. The van der Waals surface area contributed by atoms with E-state index < -0.39 is 0 Å². The fourth-order valence-corrected chi connectivity index (χ4v) is 3.56. The summed E-state index contributed by atoms with van der Waals surface area (Å²) in [6.07, 6.45) is 4.91. The number of amides is 1. The second-order valence-corrected chi connectivity index (χ2v) is 7.22. The molecule has 0 spiro atoms. The molecule has 1 aliphatic rings. The van der Waals surface area contributed by atoms with Gasteiger partial charge in [0.15, 0.2) is 0 Å². The summed E-state index contributed by atoms with van der Waals surface area (Å²) in [7, 11) is 2.07. The van der Waals surface area contributed by atoms with Crippen molar-refractivity contribution in [3.8, 4) is 0 Å². The number of carbonyl (C=O) groups excluding carboxylic acids is 1. The Morgan fingerprint density at radius 1 is 1.16 bits per heavy atom. The van der Waals surface area contributed by atoms with Crippen LogP contribution in [0.4, 0.5) is 0 Å². The molecule has 1 amide bonds. The number of benzene rings is 2. The Labute approximate surface area is 148 Å². The molecule has 4 rings (SSSR count). The lowest BCUT2D eigenvalue weighted by Gasteiger charge is -2.17. The zero-order valence-electron chi connectivity index (χ0n) is 14.8. The summed E-state index contributed by atoms with van der Waals surface area (Å²) in [6, 6.07) is 17.4. The van der Waals surface area contributed by atoms with Crippen LogP contribution in [-0.4, -0.2) is 16.5 Å². The third-order valence-corrected chi connectivity index (χ3v) is 5.11. The first kappa shape index (κ1) is 15.9. The summed E-state index contributed by atoms with van der Waals surface area (Å²) in [4.78, 5) is 12.5. The molecule has 3 aromatic rings. The third kappa shape index (κ3) is 3.32. The van der Waals surface area contributed by atoms with Crippen LogP contribution >= 0.6 is 0 Å². The molecule has 128 valence electrons. The molecule has 2 aromatic carbocycles.